The van der Waals surface area contributed by atoms with Crippen LogP contribution < -0.4 is 10.2 Å². The fourth-order valence-corrected chi connectivity index (χ4v) is 3.59. The second-order valence-electron chi connectivity index (χ2n) is 6.40. The number of hydrogen-bond acceptors (Lipinski definition) is 2. The third kappa shape index (κ3) is 3.93. The average Bonchev–Trinajstić information content (AvgIpc) is 2.99. The van der Waals surface area contributed by atoms with Gasteiger partial charge in [0.25, 0.3) is 0 Å². The minimum Gasteiger partial charge on any atom is -0.325 e. The molecule has 0 spiro atoms. The average molecular weight is 401 g/mol. The summed E-state index contributed by atoms with van der Waals surface area (Å²) in [4.78, 5) is 26.6. The zero-order valence-electron chi connectivity index (χ0n) is 14.4. The van der Waals surface area contributed by atoms with E-state index in [1.54, 1.807) is 4.90 Å². The number of halogens is 1. The first kappa shape index (κ1) is 17.7. The topological polar surface area (TPSA) is 49.4 Å². The summed E-state index contributed by atoms with van der Waals surface area (Å²) in [6.45, 7) is 4.51. The molecule has 3 rings (SSSR count). The molecule has 2 amide bonds. The molecule has 0 unspecified atom stereocenters. The number of hydrogen-bond donors (Lipinski definition) is 1. The molecule has 1 fully saturated rings. The maximum Gasteiger partial charge on any atom is 0.229 e. The molecule has 25 heavy (non-hydrogen) atoms. The van der Waals surface area contributed by atoms with Gasteiger partial charge in [0.2, 0.25) is 11.8 Å². The molecular weight excluding hydrogens is 380 g/mol. The second-order valence-corrected chi connectivity index (χ2v) is 7.25. The van der Waals surface area contributed by atoms with Gasteiger partial charge in [-0.05, 0) is 64.7 Å². The Kier molecular flexibility index (Phi) is 5.23. The van der Waals surface area contributed by atoms with Gasteiger partial charge in [-0.1, -0.05) is 25.1 Å². The summed E-state index contributed by atoms with van der Waals surface area (Å²) >= 11 is 3.47. The molecule has 1 N–H and O–H groups in total. The highest BCUT2D eigenvalue weighted by atomic mass is 79.9. The summed E-state index contributed by atoms with van der Waals surface area (Å²) in [5.41, 5.74) is 3.93. The van der Waals surface area contributed by atoms with Gasteiger partial charge in [0, 0.05) is 23.1 Å². The highest BCUT2D eigenvalue weighted by Crippen LogP contribution is 2.28. The minimum atomic E-state index is -0.341. The van der Waals surface area contributed by atoms with Crippen molar-refractivity contribution in [3.63, 3.8) is 0 Å². The first-order valence-electron chi connectivity index (χ1n) is 8.44. The van der Waals surface area contributed by atoms with E-state index in [2.05, 4.69) is 28.2 Å². The van der Waals surface area contributed by atoms with Crippen LogP contribution in [0.2, 0.25) is 0 Å². The molecule has 2 aromatic rings. The molecule has 0 aliphatic carbocycles. The van der Waals surface area contributed by atoms with E-state index in [4.69, 9.17) is 0 Å². The van der Waals surface area contributed by atoms with Crippen molar-refractivity contribution in [3.8, 4) is 0 Å². The fourth-order valence-electron chi connectivity index (χ4n) is 3.00. The van der Waals surface area contributed by atoms with Gasteiger partial charge in [0.15, 0.2) is 0 Å². The summed E-state index contributed by atoms with van der Waals surface area (Å²) in [5.74, 6) is -0.468. The quantitative estimate of drug-likeness (QED) is 0.830. The van der Waals surface area contributed by atoms with E-state index in [-0.39, 0.29) is 24.2 Å². The Labute approximate surface area is 156 Å². The van der Waals surface area contributed by atoms with Crippen LogP contribution in [0.3, 0.4) is 0 Å². The predicted molar refractivity (Wildman–Crippen MR) is 104 cm³/mol. The van der Waals surface area contributed by atoms with E-state index in [1.165, 1.54) is 5.56 Å². The van der Waals surface area contributed by atoms with Gasteiger partial charge in [-0.3, -0.25) is 9.59 Å². The molecule has 1 aliphatic heterocycles. The highest BCUT2D eigenvalue weighted by Gasteiger charge is 2.35. The van der Waals surface area contributed by atoms with E-state index in [1.807, 2.05) is 49.4 Å². The molecule has 0 saturated carbocycles. The van der Waals surface area contributed by atoms with Gasteiger partial charge in [0.1, 0.15) is 0 Å². The largest absolute Gasteiger partial charge is 0.325 e. The van der Waals surface area contributed by atoms with Crippen molar-refractivity contribution < 1.29 is 9.59 Å². The number of nitrogens with one attached hydrogen (secondary N) is 1. The minimum absolute atomic E-state index is 0.00706. The first-order chi connectivity index (χ1) is 12.0. The zero-order chi connectivity index (χ0) is 18.0. The van der Waals surface area contributed by atoms with Crippen LogP contribution in [0.15, 0.2) is 46.9 Å². The number of carbonyl (C=O) groups excluding carboxylic acids is 2. The number of rotatable bonds is 4. The van der Waals surface area contributed by atoms with Crippen LogP contribution in [0.4, 0.5) is 11.4 Å². The summed E-state index contributed by atoms with van der Waals surface area (Å²) in [7, 11) is 0. The van der Waals surface area contributed by atoms with Crippen molar-refractivity contribution in [2.24, 2.45) is 5.92 Å². The van der Waals surface area contributed by atoms with E-state index in [9.17, 15) is 9.59 Å². The lowest BCUT2D eigenvalue weighted by Crippen LogP contribution is -2.28. The van der Waals surface area contributed by atoms with Crippen LogP contribution in [0.5, 0.6) is 0 Å². The number of anilines is 2. The summed E-state index contributed by atoms with van der Waals surface area (Å²) in [5, 5.41) is 2.93. The molecule has 130 valence electrons. The van der Waals surface area contributed by atoms with E-state index in [0.717, 1.165) is 27.8 Å². The van der Waals surface area contributed by atoms with Gasteiger partial charge in [-0.2, -0.15) is 0 Å². The van der Waals surface area contributed by atoms with Crippen molar-refractivity contribution in [2.45, 2.75) is 26.7 Å². The molecule has 1 aliphatic rings. The molecular formula is C20H21BrN2O2. The number of nitrogens with zero attached hydrogens (tertiary/aromatic N) is 1. The highest BCUT2D eigenvalue weighted by molar-refractivity contribution is 9.10. The molecule has 4 nitrogen and oxygen atoms in total. The van der Waals surface area contributed by atoms with Crippen LogP contribution in [0.25, 0.3) is 0 Å². The van der Waals surface area contributed by atoms with Crippen molar-refractivity contribution in [3.05, 3.63) is 58.1 Å². The van der Waals surface area contributed by atoms with Gasteiger partial charge in [0.05, 0.1) is 11.6 Å². The Morgan fingerprint density at radius 2 is 1.96 bits per heavy atom. The lowest BCUT2D eigenvalue weighted by atomic mass is 10.1. The van der Waals surface area contributed by atoms with Gasteiger partial charge >= 0.3 is 0 Å². The van der Waals surface area contributed by atoms with Gasteiger partial charge < -0.3 is 10.2 Å². The van der Waals surface area contributed by atoms with Crippen LogP contribution in [-0.2, 0) is 16.0 Å². The third-order valence-electron chi connectivity index (χ3n) is 4.53. The van der Waals surface area contributed by atoms with Crippen molar-refractivity contribution in [1.82, 2.24) is 0 Å². The third-order valence-corrected chi connectivity index (χ3v) is 5.19. The predicted octanol–water partition coefficient (Wildman–Crippen LogP) is 4.31. The van der Waals surface area contributed by atoms with Crippen molar-refractivity contribution in [1.29, 1.82) is 0 Å². The van der Waals surface area contributed by atoms with Crippen molar-refractivity contribution in [2.75, 3.05) is 16.8 Å². The number of benzene rings is 2. The van der Waals surface area contributed by atoms with E-state index < -0.39 is 0 Å². The molecule has 2 aromatic carbocycles. The van der Waals surface area contributed by atoms with E-state index in [0.29, 0.717) is 6.54 Å². The monoisotopic (exact) mass is 400 g/mol. The maximum absolute atomic E-state index is 12.6. The van der Waals surface area contributed by atoms with Crippen LogP contribution in [-0.4, -0.2) is 18.4 Å². The van der Waals surface area contributed by atoms with Crippen LogP contribution in [0, 0.1) is 12.8 Å². The Balaban J connectivity index is 1.69. The number of amides is 2. The fraction of sp³-hybridized carbons (Fsp3) is 0.300. The Morgan fingerprint density at radius 1 is 1.24 bits per heavy atom. The maximum atomic E-state index is 12.6. The lowest BCUT2D eigenvalue weighted by Gasteiger charge is -2.17. The molecule has 5 heteroatoms. The second kappa shape index (κ2) is 7.40. The Hall–Kier alpha value is -2.14. The summed E-state index contributed by atoms with van der Waals surface area (Å²) in [6, 6.07) is 13.7. The van der Waals surface area contributed by atoms with Gasteiger partial charge in [-0.25, -0.2) is 0 Å². The van der Waals surface area contributed by atoms with Gasteiger partial charge in [-0.15, -0.1) is 0 Å². The zero-order valence-corrected chi connectivity index (χ0v) is 16.0. The molecule has 0 bridgehead atoms. The smallest absolute Gasteiger partial charge is 0.229 e. The van der Waals surface area contributed by atoms with Crippen molar-refractivity contribution >= 4 is 39.1 Å². The Bertz CT molecular complexity index is 802. The standard InChI is InChI=1S/C20H21BrN2O2/c1-3-14-5-7-16(8-6-14)23-12-15(11-19(23)24)20(25)22-18-9-4-13(2)10-17(18)21/h4-10,15H,3,11-12H2,1-2H3,(H,22,25)/t15-/m1/s1. The summed E-state index contributed by atoms with van der Waals surface area (Å²) < 4.78 is 0.845. The summed E-state index contributed by atoms with van der Waals surface area (Å²) in [6.07, 6.45) is 1.20. The first-order valence-corrected chi connectivity index (χ1v) is 9.23. The molecule has 1 atom stereocenters. The number of carbonyl (C=O) groups is 2. The molecule has 0 radical (unpaired) electrons. The van der Waals surface area contributed by atoms with Crippen LogP contribution >= 0.6 is 15.9 Å². The SMILES string of the molecule is CCc1ccc(N2C[C@H](C(=O)Nc3ccc(C)cc3Br)CC2=O)cc1. The van der Waals surface area contributed by atoms with E-state index >= 15 is 0 Å². The molecule has 0 aromatic heterocycles. The molecule has 1 heterocycles. The normalized spacial score (nSPS) is 17.0. The number of aryl methyl sites for hydroxylation is 2. The van der Waals surface area contributed by atoms with Crippen LogP contribution in [0.1, 0.15) is 24.5 Å². The lowest BCUT2D eigenvalue weighted by molar-refractivity contribution is -0.122. The Morgan fingerprint density at radius 3 is 2.60 bits per heavy atom. The molecule has 1 saturated heterocycles.